The van der Waals surface area contributed by atoms with Gasteiger partial charge >= 0.3 is 0 Å². The van der Waals surface area contributed by atoms with Crippen molar-refractivity contribution in [3.8, 4) is 11.5 Å². The SMILES string of the molecule is Cc1ccc(-n2nc(C)c(C(=O)N3CCN(c4ccccc4)CC3)c2-n2cccc2)cc1. The number of rotatable bonds is 4. The molecule has 5 rings (SSSR count). The molecule has 0 bridgehead atoms. The fourth-order valence-electron chi connectivity index (χ4n) is 4.31. The highest BCUT2D eigenvalue weighted by molar-refractivity contribution is 5.99. The summed E-state index contributed by atoms with van der Waals surface area (Å²) in [6.07, 6.45) is 3.93. The fourth-order valence-corrected chi connectivity index (χ4v) is 4.31. The second kappa shape index (κ2) is 8.38. The van der Waals surface area contributed by atoms with Gasteiger partial charge in [-0.15, -0.1) is 0 Å². The van der Waals surface area contributed by atoms with Crippen LogP contribution in [-0.2, 0) is 0 Å². The van der Waals surface area contributed by atoms with Crippen LogP contribution in [0.5, 0.6) is 0 Å². The van der Waals surface area contributed by atoms with Gasteiger partial charge < -0.3 is 14.4 Å². The zero-order valence-electron chi connectivity index (χ0n) is 18.5. The topological polar surface area (TPSA) is 46.3 Å². The van der Waals surface area contributed by atoms with Gasteiger partial charge in [-0.1, -0.05) is 35.9 Å². The van der Waals surface area contributed by atoms with E-state index in [1.807, 2.05) is 63.8 Å². The number of para-hydroxylation sites is 1. The molecular formula is C26H27N5O. The Labute approximate surface area is 188 Å². The van der Waals surface area contributed by atoms with Crippen molar-refractivity contribution in [3.63, 3.8) is 0 Å². The average Bonchev–Trinajstić information content (AvgIpc) is 3.47. The summed E-state index contributed by atoms with van der Waals surface area (Å²) < 4.78 is 3.86. The number of anilines is 1. The third-order valence-corrected chi connectivity index (χ3v) is 6.07. The summed E-state index contributed by atoms with van der Waals surface area (Å²) in [6.45, 7) is 7.00. The lowest BCUT2D eigenvalue weighted by Crippen LogP contribution is -2.49. The Hall–Kier alpha value is -3.80. The summed E-state index contributed by atoms with van der Waals surface area (Å²) in [6, 6.07) is 22.5. The van der Waals surface area contributed by atoms with E-state index < -0.39 is 0 Å². The van der Waals surface area contributed by atoms with E-state index in [1.165, 1.54) is 11.3 Å². The van der Waals surface area contributed by atoms with Crippen molar-refractivity contribution in [3.05, 3.63) is 95.9 Å². The standard InChI is InChI=1S/C26H27N5O/c1-20-10-12-23(13-11-20)31-25(29-14-6-7-15-29)24(21(2)27-31)26(32)30-18-16-28(17-19-30)22-8-4-3-5-9-22/h3-15H,16-19H2,1-2H3. The Bertz CT molecular complexity index is 1200. The van der Waals surface area contributed by atoms with Crippen LogP contribution in [0.3, 0.4) is 0 Å². The van der Waals surface area contributed by atoms with Crippen LogP contribution >= 0.6 is 0 Å². The van der Waals surface area contributed by atoms with Crippen LogP contribution in [0.15, 0.2) is 79.1 Å². The van der Waals surface area contributed by atoms with E-state index in [0.717, 1.165) is 30.3 Å². The fraction of sp³-hybridized carbons (Fsp3) is 0.231. The molecule has 2 aromatic heterocycles. The Morgan fingerprint density at radius 1 is 0.781 bits per heavy atom. The highest BCUT2D eigenvalue weighted by Gasteiger charge is 2.29. The maximum Gasteiger partial charge on any atom is 0.259 e. The van der Waals surface area contributed by atoms with Crippen LogP contribution in [-0.4, -0.2) is 51.3 Å². The van der Waals surface area contributed by atoms with E-state index >= 15 is 0 Å². The van der Waals surface area contributed by atoms with Crippen LogP contribution < -0.4 is 4.90 Å². The predicted molar refractivity (Wildman–Crippen MR) is 127 cm³/mol. The van der Waals surface area contributed by atoms with Crippen molar-refractivity contribution in [1.82, 2.24) is 19.2 Å². The minimum Gasteiger partial charge on any atom is -0.368 e. The number of amides is 1. The normalized spacial score (nSPS) is 14.1. The first-order valence-corrected chi connectivity index (χ1v) is 11.0. The minimum absolute atomic E-state index is 0.0391. The highest BCUT2D eigenvalue weighted by Crippen LogP contribution is 2.26. The summed E-state index contributed by atoms with van der Waals surface area (Å²) in [5.41, 5.74) is 4.73. The Morgan fingerprint density at radius 2 is 1.44 bits per heavy atom. The molecule has 0 unspecified atom stereocenters. The third kappa shape index (κ3) is 3.68. The zero-order chi connectivity index (χ0) is 22.1. The molecule has 0 radical (unpaired) electrons. The number of nitrogens with zero attached hydrogens (tertiary/aromatic N) is 5. The number of piperazine rings is 1. The number of aromatic nitrogens is 3. The third-order valence-electron chi connectivity index (χ3n) is 6.07. The van der Waals surface area contributed by atoms with Gasteiger partial charge in [0.15, 0.2) is 5.82 Å². The lowest BCUT2D eigenvalue weighted by atomic mass is 10.1. The van der Waals surface area contributed by atoms with E-state index in [4.69, 9.17) is 5.10 Å². The molecule has 0 aliphatic carbocycles. The minimum atomic E-state index is 0.0391. The van der Waals surface area contributed by atoms with Gasteiger partial charge in [0.2, 0.25) is 0 Å². The number of carbonyl (C=O) groups is 1. The summed E-state index contributed by atoms with van der Waals surface area (Å²) in [5.74, 6) is 0.823. The molecule has 0 saturated carbocycles. The van der Waals surface area contributed by atoms with Crippen LogP contribution in [0.2, 0.25) is 0 Å². The van der Waals surface area contributed by atoms with Gasteiger partial charge in [0, 0.05) is 44.3 Å². The van der Waals surface area contributed by atoms with Crippen LogP contribution in [0.1, 0.15) is 21.6 Å². The summed E-state index contributed by atoms with van der Waals surface area (Å²) >= 11 is 0. The molecule has 0 N–H and O–H groups in total. The monoisotopic (exact) mass is 425 g/mol. The van der Waals surface area contributed by atoms with E-state index in [-0.39, 0.29) is 5.91 Å². The van der Waals surface area contributed by atoms with Crippen molar-refractivity contribution in [2.75, 3.05) is 31.1 Å². The van der Waals surface area contributed by atoms with Gasteiger partial charge in [-0.25, -0.2) is 4.68 Å². The number of hydrogen-bond acceptors (Lipinski definition) is 3. The van der Waals surface area contributed by atoms with Gasteiger partial charge in [-0.3, -0.25) is 4.79 Å². The Balaban J connectivity index is 1.47. The number of hydrogen-bond donors (Lipinski definition) is 0. The maximum atomic E-state index is 13.7. The van der Waals surface area contributed by atoms with E-state index in [0.29, 0.717) is 18.7 Å². The smallest absolute Gasteiger partial charge is 0.259 e. The first-order valence-electron chi connectivity index (χ1n) is 11.0. The first-order chi connectivity index (χ1) is 15.6. The molecule has 1 fully saturated rings. The number of benzene rings is 2. The second-order valence-electron chi connectivity index (χ2n) is 8.24. The van der Waals surface area contributed by atoms with Gasteiger partial charge in [0.1, 0.15) is 5.56 Å². The molecule has 32 heavy (non-hydrogen) atoms. The zero-order valence-corrected chi connectivity index (χ0v) is 18.5. The summed E-state index contributed by atoms with van der Waals surface area (Å²) in [4.78, 5) is 18.0. The summed E-state index contributed by atoms with van der Waals surface area (Å²) in [7, 11) is 0. The molecule has 0 atom stereocenters. The Morgan fingerprint density at radius 3 is 2.09 bits per heavy atom. The van der Waals surface area contributed by atoms with Crippen LogP contribution in [0, 0.1) is 13.8 Å². The van der Waals surface area contributed by atoms with Crippen molar-refractivity contribution >= 4 is 11.6 Å². The molecule has 6 heteroatoms. The highest BCUT2D eigenvalue weighted by atomic mass is 16.2. The molecule has 162 valence electrons. The molecular weight excluding hydrogens is 398 g/mol. The van der Waals surface area contributed by atoms with Crippen molar-refractivity contribution < 1.29 is 4.79 Å². The van der Waals surface area contributed by atoms with Crippen molar-refractivity contribution in [2.45, 2.75) is 13.8 Å². The van der Waals surface area contributed by atoms with E-state index in [2.05, 4.69) is 48.2 Å². The molecule has 1 aliphatic heterocycles. The molecule has 4 aromatic rings. The molecule has 0 spiro atoms. The van der Waals surface area contributed by atoms with Gasteiger partial charge in [0.05, 0.1) is 11.4 Å². The molecule has 1 aliphatic rings. The molecule has 1 saturated heterocycles. The predicted octanol–water partition coefficient (Wildman–Crippen LogP) is 4.24. The van der Waals surface area contributed by atoms with Crippen molar-refractivity contribution in [1.29, 1.82) is 0 Å². The van der Waals surface area contributed by atoms with Crippen LogP contribution in [0.4, 0.5) is 5.69 Å². The van der Waals surface area contributed by atoms with Gasteiger partial charge in [0.25, 0.3) is 5.91 Å². The Kier molecular flexibility index (Phi) is 5.27. The number of carbonyl (C=O) groups excluding carboxylic acids is 1. The molecule has 2 aromatic carbocycles. The average molecular weight is 426 g/mol. The first kappa shape index (κ1) is 20.1. The van der Waals surface area contributed by atoms with Gasteiger partial charge in [-0.05, 0) is 50.2 Å². The van der Waals surface area contributed by atoms with Crippen LogP contribution in [0.25, 0.3) is 11.5 Å². The summed E-state index contributed by atoms with van der Waals surface area (Å²) in [5, 5.41) is 4.78. The lowest BCUT2D eigenvalue weighted by molar-refractivity contribution is 0.0746. The largest absolute Gasteiger partial charge is 0.368 e. The molecule has 1 amide bonds. The molecule has 3 heterocycles. The quantitative estimate of drug-likeness (QED) is 0.491. The van der Waals surface area contributed by atoms with E-state index in [1.54, 1.807) is 0 Å². The molecule has 6 nitrogen and oxygen atoms in total. The number of aryl methyl sites for hydroxylation is 2. The van der Waals surface area contributed by atoms with E-state index in [9.17, 15) is 4.79 Å². The van der Waals surface area contributed by atoms with Gasteiger partial charge in [-0.2, -0.15) is 5.10 Å². The second-order valence-corrected chi connectivity index (χ2v) is 8.24. The maximum absolute atomic E-state index is 13.7. The lowest BCUT2D eigenvalue weighted by Gasteiger charge is -2.36. The van der Waals surface area contributed by atoms with Crippen molar-refractivity contribution in [2.24, 2.45) is 0 Å².